The molecule has 1 atom stereocenters. The summed E-state index contributed by atoms with van der Waals surface area (Å²) in [5.41, 5.74) is 1.02. The first kappa shape index (κ1) is 8.87. The Labute approximate surface area is 80.8 Å². The SMILES string of the molecule is NOCC1Cc2c(O)cccc2S1. The fraction of sp³-hybridized carbons (Fsp3) is 0.333. The van der Waals surface area contributed by atoms with Crippen LogP contribution in [0.15, 0.2) is 23.1 Å². The molecule has 0 spiro atoms. The number of nitrogens with two attached hydrogens (primary N) is 1. The van der Waals surface area contributed by atoms with Gasteiger partial charge in [0.25, 0.3) is 0 Å². The largest absolute Gasteiger partial charge is 0.508 e. The molecule has 3 N–H and O–H groups in total. The Kier molecular flexibility index (Phi) is 2.44. The highest BCUT2D eigenvalue weighted by molar-refractivity contribution is 8.00. The second-order valence-electron chi connectivity index (χ2n) is 3.03. The lowest BCUT2D eigenvalue weighted by atomic mass is 10.1. The molecule has 0 fully saturated rings. The van der Waals surface area contributed by atoms with Crippen molar-refractivity contribution in [2.24, 2.45) is 5.90 Å². The molecule has 1 aliphatic heterocycles. The molecular weight excluding hydrogens is 186 g/mol. The Morgan fingerprint density at radius 1 is 1.62 bits per heavy atom. The molecule has 0 amide bonds. The molecule has 0 saturated carbocycles. The van der Waals surface area contributed by atoms with E-state index in [-0.39, 0.29) is 0 Å². The summed E-state index contributed by atoms with van der Waals surface area (Å²) in [6, 6.07) is 5.58. The van der Waals surface area contributed by atoms with Gasteiger partial charge in [-0.2, -0.15) is 0 Å². The molecule has 1 unspecified atom stereocenters. The number of benzene rings is 1. The summed E-state index contributed by atoms with van der Waals surface area (Å²) < 4.78 is 0. The van der Waals surface area contributed by atoms with Crippen molar-refractivity contribution in [1.29, 1.82) is 0 Å². The lowest BCUT2D eigenvalue weighted by molar-refractivity contribution is 0.139. The lowest BCUT2D eigenvalue weighted by Gasteiger charge is -2.03. The van der Waals surface area contributed by atoms with Crippen LogP contribution in [-0.2, 0) is 11.3 Å². The average molecular weight is 197 g/mol. The van der Waals surface area contributed by atoms with Crippen LogP contribution in [0.4, 0.5) is 0 Å². The summed E-state index contributed by atoms with van der Waals surface area (Å²) in [7, 11) is 0. The minimum Gasteiger partial charge on any atom is -0.508 e. The second kappa shape index (κ2) is 3.57. The average Bonchev–Trinajstić information content (AvgIpc) is 2.49. The maximum Gasteiger partial charge on any atom is 0.119 e. The number of hydrogen-bond acceptors (Lipinski definition) is 4. The number of aromatic hydroxyl groups is 1. The van der Waals surface area contributed by atoms with Crippen molar-refractivity contribution in [3.63, 3.8) is 0 Å². The van der Waals surface area contributed by atoms with E-state index in [1.54, 1.807) is 17.8 Å². The minimum atomic E-state index is 0.341. The van der Waals surface area contributed by atoms with Gasteiger partial charge in [-0.1, -0.05) is 6.07 Å². The molecule has 1 aromatic rings. The molecule has 13 heavy (non-hydrogen) atoms. The molecule has 0 aliphatic carbocycles. The van der Waals surface area contributed by atoms with E-state index >= 15 is 0 Å². The van der Waals surface area contributed by atoms with Gasteiger partial charge in [-0.05, 0) is 18.6 Å². The van der Waals surface area contributed by atoms with Gasteiger partial charge in [-0.3, -0.25) is 0 Å². The normalized spacial score (nSPS) is 20.2. The third-order valence-corrected chi connectivity index (χ3v) is 3.39. The maximum absolute atomic E-state index is 9.53. The van der Waals surface area contributed by atoms with Crippen molar-refractivity contribution in [3.05, 3.63) is 23.8 Å². The summed E-state index contributed by atoms with van der Waals surface area (Å²) >= 11 is 1.71. The third kappa shape index (κ3) is 1.65. The quantitative estimate of drug-likeness (QED) is 0.702. The van der Waals surface area contributed by atoms with Gasteiger partial charge in [0.1, 0.15) is 5.75 Å². The van der Waals surface area contributed by atoms with Crippen LogP contribution in [0.1, 0.15) is 5.56 Å². The predicted octanol–water partition coefficient (Wildman–Crippen LogP) is 1.30. The van der Waals surface area contributed by atoms with Crippen LogP contribution < -0.4 is 5.90 Å². The smallest absolute Gasteiger partial charge is 0.119 e. The molecule has 1 heterocycles. The zero-order valence-electron chi connectivity index (χ0n) is 7.06. The molecule has 4 heteroatoms. The van der Waals surface area contributed by atoms with E-state index in [9.17, 15) is 5.11 Å². The van der Waals surface area contributed by atoms with E-state index < -0.39 is 0 Å². The Morgan fingerprint density at radius 2 is 2.46 bits per heavy atom. The first-order valence-electron chi connectivity index (χ1n) is 4.10. The van der Waals surface area contributed by atoms with Gasteiger partial charge in [-0.25, -0.2) is 5.90 Å². The first-order chi connectivity index (χ1) is 6.31. The summed E-state index contributed by atoms with van der Waals surface area (Å²) in [5, 5.41) is 9.87. The van der Waals surface area contributed by atoms with Crippen molar-refractivity contribution in [1.82, 2.24) is 0 Å². The molecule has 0 saturated heterocycles. The standard InChI is InChI=1S/C9H11NO2S/c10-12-5-6-4-7-8(11)2-1-3-9(7)13-6/h1-3,6,11H,4-5,10H2. The maximum atomic E-state index is 9.53. The van der Waals surface area contributed by atoms with Gasteiger partial charge in [0.05, 0.1) is 6.61 Å². The fourth-order valence-corrected chi connectivity index (χ4v) is 2.76. The van der Waals surface area contributed by atoms with Crippen LogP contribution in [0.25, 0.3) is 0 Å². The van der Waals surface area contributed by atoms with Crippen molar-refractivity contribution >= 4 is 11.8 Å². The molecule has 0 aromatic heterocycles. The number of hydrogen-bond donors (Lipinski definition) is 2. The molecular formula is C9H11NO2S. The Bertz CT molecular complexity index is 316. The Morgan fingerprint density at radius 3 is 3.15 bits per heavy atom. The number of thioether (sulfide) groups is 1. The molecule has 0 bridgehead atoms. The minimum absolute atomic E-state index is 0.341. The van der Waals surface area contributed by atoms with Crippen LogP contribution in [0.3, 0.4) is 0 Å². The Hall–Kier alpha value is -0.710. The van der Waals surface area contributed by atoms with Gasteiger partial charge in [0.2, 0.25) is 0 Å². The molecule has 70 valence electrons. The summed E-state index contributed by atoms with van der Waals surface area (Å²) in [5.74, 6) is 5.38. The monoisotopic (exact) mass is 197 g/mol. The zero-order chi connectivity index (χ0) is 9.26. The number of phenolic OH excluding ortho intramolecular Hbond substituents is 1. The summed E-state index contributed by atoms with van der Waals surface area (Å²) in [6.45, 7) is 0.527. The van der Waals surface area contributed by atoms with Gasteiger partial charge < -0.3 is 9.94 Å². The zero-order valence-corrected chi connectivity index (χ0v) is 7.88. The fourth-order valence-electron chi connectivity index (χ4n) is 1.52. The van der Waals surface area contributed by atoms with Gasteiger partial charge in [-0.15, -0.1) is 11.8 Å². The number of rotatable bonds is 2. The van der Waals surface area contributed by atoms with Crippen LogP contribution in [0, 0.1) is 0 Å². The van der Waals surface area contributed by atoms with Crippen molar-refractivity contribution < 1.29 is 9.94 Å². The predicted molar refractivity (Wildman–Crippen MR) is 51.6 cm³/mol. The Balaban J connectivity index is 2.20. The van der Waals surface area contributed by atoms with E-state index in [1.165, 1.54) is 0 Å². The van der Waals surface area contributed by atoms with E-state index in [4.69, 9.17) is 5.90 Å². The van der Waals surface area contributed by atoms with Crippen LogP contribution in [0.2, 0.25) is 0 Å². The van der Waals surface area contributed by atoms with Crippen LogP contribution >= 0.6 is 11.8 Å². The van der Waals surface area contributed by atoms with Gasteiger partial charge in [0, 0.05) is 15.7 Å². The third-order valence-electron chi connectivity index (χ3n) is 2.12. The number of fused-ring (bicyclic) bond motifs is 1. The van der Waals surface area contributed by atoms with E-state index in [0.717, 1.165) is 16.9 Å². The lowest BCUT2D eigenvalue weighted by Crippen LogP contribution is -2.14. The topological polar surface area (TPSA) is 55.5 Å². The summed E-state index contributed by atoms with van der Waals surface area (Å²) in [6.07, 6.45) is 0.837. The second-order valence-corrected chi connectivity index (χ2v) is 4.37. The van der Waals surface area contributed by atoms with Gasteiger partial charge >= 0.3 is 0 Å². The highest BCUT2D eigenvalue weighted by Gasteiger charge is 2.24. The summed E-state index contributed by atoms with van der Waals surface area (Å²) in [4.78, 5) is 5.74. The molecule has 0 radical (unpaired) electrons. The van der Waals surface area contributed by atoms with Crippen molar-refractivity contribution in [2.45, 2.75) is 16.6 Å². The van der Waals surface area contributed by atoms with E-state index in [2.05, 4.69) is 4.84 Å². The molecule has 3 nitrogen and oxygen atoms in total. The van der Waals surface area contributed by atoms with Gasteiger partial charge in [0.15, 0.2) is 0 Å². The van der Waals surface area contributed by atoms with E-state index in [1.807, 2.05) is 12.1 Å². The molecule has 1 aromatic carbocycles. The van der Waals surface area contributed by atoms with Crippen molar-refractivity contribution in [3.8, 4) is 5.75 Å². The molecule has 1 aliphatic rings. The number of phenols is 1. The first-order valence-corrected chi connectivity index (χ1v) is 4.98. The molecule has 2 rings (SSSR count). The van der Waals surface area contributed by atoms with E-state index in [0.29, 0.717) is 17.6 Å². The van der Waals surface area contributed by atoms with Crippen LogP contribution in [-0.4, -0.2) is 17.0 Å². The van der Waals surface area contributed by atoms with Crippen LogP contribution in [0.5, 0.6) is 5.75 Å². The highest BCUT2D eigenvalue weighted by atomic mass is 32.2. The van der Waals surface area contributed by atoms with Crippen molar-refractivity contribution in [2.75, 3.05) is 6.61 Å². The highest BCUT2D eigenvalue weighted by Crippen LogP contribution is 2.40.